The van der Waals surface area contributed by atoms with E-state index in [-0.39, 0.29) is 9.92 Å². The molecule has 30 heavy (non-hydrogen) atoms. The maximum atomic E-state index is 13.1. The number of anilines is 1. The van der Waals surface area contributed by atoms with Crippen LogP contribution in [0.1, 0.15) is 24.0 Å². The quantitative estimate of drug-likeness (QED) is 0.402. The molecule has 3 aromatic rings. The molecule has 0 unspecified atom stereocenters. The lowest BCUT2D eigenvalue weighted by molar-refractivity contribution is 0.529. The van der Waals surface area contributed by atoms with E-state index in [0.29, 0.717) is 25.9 Å². The number of hydrogen-bond donors (Lipinski definition) is 0. The molecule has 8 heteroatoms. The second kappa shape index (κ2) is 8.61. The highest BCUT2D eigenvalue weighted by Gasteiger charge is 2.33. The molecule has 0 saturated carbocycles. The number of aryl methyl sites for hydroxylation is 1. The van der Waals surface area contributed by atoms with E-state index in [1.807, 2.05) is 0 Å². The Morgan fingerprint density at radius 2 is 1.90 bits per heavy atom. The lowest BCUT2D eigenvalue weighted by Crippen LogP contribution is -2.39. The van der Waals surface area contributed by atoms with Gasteiger partial charge in [-0.05, 0) is 56.0 Å². The van der Waals surface area contributed by atoms with E-state index in [9.17, 15) is 8.42 Å². The van der Waals surface area contributed by atoms with Crippen molar-refractivity contribution >= 4 is 53.8 Å². The minimum Gasteiger partial charge on any atom is -0.348 e. The molecule has 0 N–H and O–H groups in total. The summed E-state index contributed by atoms with van der Waals surface area (Å²) in [4.78, 5) is 7.25. The molecular formula is C22H22BrClN2O2S2. The molecule has 158 valence electrons. The molecule has 0 amide bonds. The minimum absolute atomic E-state index is 0.220. The average molecular weight is 526 g/mol. The van der Waals surface area contributed by atoms with Gasteiger partial charge in [-0.15, -0.1) is 11.3 Å². The molecule has 0 bridgehead atoms. The van der Waals surface area contributed by atoms with Gasteiger partial charge in [-0.2, -0.15) is 0 Å². The Bertz CT molecular complexity index is 1190. The summed E-state index contributed by atoms with van der Waals surface area (Å²) in [6.45, 7) is 5.55. The van der Waals surface area contributed by atoms with Gasteiger partial charge in [0, 0.05) is 28.5 Å². The smallest absolute Gasteiger partial charge is 0.185 e. The summed E-state index contributed by atoms with van der Waals surface area (Å²) in [5.41, 5.74) is 4.62. The van der Waals surface area contributed by atoms with Crippen LogP contribution in [-0.2, 0) is 9.84 Å². The number of benzene rings is 2. The average Bonchev–Trinajstić information content (AvgIpc) is 3.20. The van der Waals surface area contributed by atoms with Gasteiger partial charge in [0.25, 0.3) is 0 Å². The van der Waals surface area contributed by atoms with Crippen LogP contribution < -0.4 is 4.90 Å². The van der Waals surface area contributed by atoms with Gasteiger partial charge in [0.1, 0.15) is 0 Å². The maximum absolute atomic E-state index is 13.1. The van der Waals surface area contributed by atoms with Crippen molar-refractivity contribution in [3.63, 3.8) is 0 Å². The number of aromatic nitrogens is 1. The zero-order valence-corrected chi connectivity index (χ0v) is 20.7. The fourth-order valence-corrected chi connectivity index (χ4v) is 7.46. The van der Waals surface area contributed by atoms with Gasteiger partial charge >= 0.3 is 0 Å². The van der Waals surface area contributed by atoms with Crippen molar-refractivity contribution in [2.75, 3.05) is 18.0 Å². The Morgan fingerprint density at radius 1 is 1.17 bits per heavy atom. The second-order valence-corrected chi connectivity index (χ2v) is 11.9. The van der Waals surface area contributed by atoms with Gasteiger partial charge in [0.05, 0.1) is 20.9 Å². The highest BCUT2D eigenvalue weighted by Crippen LogP contribution is 2.35. The van der Waals surface area contributed by atoms with Crippen molar-refractivity contribution in [3.8, 4) is 11.3 Å². The summed E-state index contributed by atoms with van der Waals surface area (Å²) in [6, 6.07) is 11.2. The van der Waals surface area contributed by atoms with Gasteiger partial charge in [-0.3, -0.25) is 0 Å². The molecule has 1 aromatic heterocycles. The molecule has 4 rings (SSSR count). The summed E-state index contributed by atoms with van der Waals surface area (Å²) in [6.07, 6.45) is 1.13. The largest absolute Gasteiger partial charge is 0.348 e. The predicted octanol–water partition coefficient (Wildman–Crippen LogP) is 6.29. The molecule has 1 saturated heterocycles. The molecule has 2 aromatic carbocycles. The summed E-state index contributed by atoms with van der Waals surface area (Å²) >= 11 is 11.2. The number of halogens is 2. The molecule has 4 nitrogen and oxygen atoms in total. The van der Waals surface area contributed by atoms with Gasteiger partial charge in [-0.25, -0.2) is 13.4 Å². The van der Waals surface area contributed by atoms with Gasteiger partial charge in [0.2, 0.25) is 0 Å². The van der Waals surface area contributed by atoms with Crippen molar-refractivity contribution in [3.05, 3.63) is 62.4 Å². The first kappa shape index (κ1) is 21.8. The SMILES string of the molecule is Cc1cccc(-c2csc(N3CCC(S(=O)(=O)c4ccc(Br)cc4Cl)CC3)n2)c1C. The van der Waals surface area contributed by atoms with E-state index in [4.69, 9.17) is 16.6 Å². The number of hydrogen-bond acceptors (Lipinski definition) is 5. The van der Waals surface area contributed by atoms with E-state index in [2.05, 4.69) is 58.3 Å². The molecular weight excluding hydrogens is 504 g/mol. The van der Waals surface area contributed by atoms with Crippen LogP contribution in [0.25, 0.3) is 11.3 Å². The van der Waals surface area contributed by atoms with Crippen molar-refractivity contribution in [1.82, 2.24) is 4.98 Å². The summed E-state index contributed by atoms with van der Waals surface area (Å²) in [5.74, 6) is 0. The lowest BCUT2D eigenvalue weighted by atomic mass is 10.0. The van der Waals surface area contributed by atoms with E-state index < -0.39 is 15.1 Å². The van der Waals surface area contributed by atoms with E-state index in [1.165, 1.54) is 11.1 Å². The van der Waals surface area contributed by atoms with Gasteiger partial charge < -0.3 is 4.90 Å². The Balaban J connectivity index is 1.49. The van der Waals surface area contributed by atoms with Crippen LogP contribution in [0.2, 0.25) is 5.02 Å². The van der Waals surface area contributed by atoms with Crippen molar-refractivity contribution in [2.24, 2.45) is 0 Å². The highest BCUT2D eigenvalue weighted by atomic mass is 79.9. The Kier molecular flexibility index (Phi) is 6.26. The van der Waals surface area contributed by atoms with Crippen LogP contribution in [0.4, 0.5) is 5.13 Å². The second-order valence-electron chi connectivity index (χ2n) is 7.57. The van der Waals surface area contributed by atoms with Gasteiger partial charge in [0.15, 0.2) is 15.0 Å². The van der Waals surface area contributed by atoms with Crippen LogP contribution in [0.3, 0.4) is 0 Å². The van der Waals surface area contributed by atoms with Crippen molar-refractivity contribution in [2.45, 2.75) is 36.8 Å². The number of rotatable bonds is 4. The van der Waals surface area contributed by atoms with Gasteiger partial charge in [-0.1, -0.05) is 45.7 Å². The highest BCUT2D eigenvalue weighted by molar-refractivity contribution is 9.10. The molecule has 0 aliphatic carbocycles. The molecule has 1 aliphatic heterocycles. The van der Waals surface area contributed by atoms with E-state index in [1.54, 1.807) is 29.5 Å². The summed E-state index contributed by atoms with van der Waals surface area (Å²) in [5, 5.41) is 2.88. The standard InChI is InChI=1S/C22H22BrClN2O2S2/c1-14-4-3-5-18(15(14)2)20-13-29-22(25-20)26-10-8-17(9-11-26)30(27,28)21-7-6-16(23)12-19(21)24/h3-7,12-13,17H,8-11H2,1-2H3. The molecule has 1 fully saturated rings. The lowest BCUT2D eigenvalue weighted by Gasteiger charge is -2.31. The predicted molar refractivity (Wildman–Crippen MR) is 129 cm³/mol. The number of thiazole rings is 1. The first-order chi connectivity index (χ1) is 14.3. The monoisotopic (exact) mass is 524 g/mol. The topological polar surface area (TPSA) is 50.3 Å². The molecule has 0 atom stereocenters. The van der Waals surface area contributed by atoms with Crippen LogP contribution in [0, 0.1) is 13.8 Å². The molecule has 2 heterocycles. The Labute approximate surface area is 195 Å². The number of nitrogens with zero attached hydrogens (tertiary/aromatic N) is 2. The Hall–Kier alpha value is -1.41. The van der Waals surface area contributed by atoms with Crippen molar-refractivity contribution in [1.29, 1.82) is 0 Å². The first-order valence-corrected chi connectivity index (χ1v) is 13.3. The first-order valence-electron chi connectivity index (χ1n) is 9.73. The molecule has 1 aliphatic rings. The van der Waals surface area contributed by atoms with Crippen LogP contribution in [0.5, 0.6) is 0 Å². The molecule has 0 radical (unpaired) electrons. The maximum Gasteiger partial charge on any atom is 0.185 e. The minimum atomic E-state index is -3.46. The van der Waals surface area contributed by atoms with Crippen LogP contribution in [-0.4, -0.2) is 31.7 Å². The summed E-state index contributed by atoms with van der Waals surface area (Å²) < 4.78 is 26.9. The zero-order valence-electron chi connectivity index (χ0n) is 16.7. The zero-order chi connectivity index (χ0) is 21.5. The molecule has 0 spiro atoms. The van der Waals surface area contributed by atoms with Crippen LogP contribution in [0.15, 0.2) is 51.1 Å². The fourth-order valence-electron chi connectivity index (χ4n) is 3.80. The third kappa shape index (κ3) is 4.17. The fraction of sp³-hybridized carbons (Fsp3) is 0.318. The van der Waals surface area contributed by atoms with Crippen molar-refractivity contribution < 1.29 is 8.42 Å². The normalized spacial score (nSPS) is 15.5. The van der Waals surface area contributed by atoms with Crippen LogP contribution >= 0.6 is 38.9 Å². The third-order valence-electron chi connectivity index (χ3n) is 5.72. The summed E-state index contributed by atoms with van der Waals surface area (Å²) in [7, 11) is -3.46. The number of sulfone groups is 1. The van der Waals surface area contributed by atoms with E-state index >= 15 is 0 Å². The third-order valence-corrected chi connectivity index (χ3v) is 9.86. The van der Waals surface area contributed by atoms with E-state index in [0.717, 1.165) is 20.9 Å². The number of piperidine rings is 1. The Morgan fingerprint density at radius 3 is 2.60 bits per heavy atom.